The van der Waals surface area contributed by atoms with E-state index in [1.807, 2.05) is 0 Å². The van der Waals surface area contributed by atoms with Gasteiger partial charge in [0.25, 0.3) is 0 Å². The molecule has 0 amide bonds. The molecule has 0 rings (SSSR count). The number of hydrogen-bond acceptors (Lipinski definition) is 1. The summed E-state index contributed by atoms with van der Waals surface area (Å²) in [5.74, 6) is -0.650. The van der Waals surface area contributed by atoms with Crippen LogP contribution in [0.1, 0.15) is 200 Å². The van der Waals surface area contributed by atoms with E-state index in [-0.39, 0.29) is 0 Å². The van der Waals surface area contributed by atoms with Gasteiger partial charge in [-0.1, -0.05) is 147 Å². The van der Waals surface area contributed by atoms with Crippen LogP contribution in [0.15, 0.2) is 12.2 Å². The number of carboxylic acid groups (broad SMARTS) is 1. The van der Waals surface area contributed by atoms with Crippen LogP contribution in [0, 0.1) is 0 Å². The molecule has 0 aliphatic rings. The van der Waals surface area contributed by atoms with E-state index in [9.17, 15) is 4.79 Å². The van der Waals surface area contributed by atoms with Crippen LogP contribution < -0.4 is 0 Å². The van der Waals surface area contributed by atoms with Crippen LogP contribution in [-0.2, 0) is 4.79 Å². The second kappa shape index (κ2) is 32.1. The minimum Gasteiger partial charge on any atom is -0.481 e. The second-order valence-electron chi connectivity index (χ2n) is 13.8. The van der Waals surface area contributed by atoms with Gasteiger partial charge in [-0.2, -0.15) is 0 Å². The van der Waals surface area contributed by atoms with Gasteiger partial charge >= 0.3 is 5.97 Å². The van der Waals surface area contributed by atoms with Crippen molar-refractivity contribution >= 4 is 5.97 Å². The van der Waals surface area contributed by atoms with Crippen LogP contribution in [0.5, 0.6) is 0 Å². The smallest absolute Gasteiger partial charge is 0.303 e. The molecule has 0 saturated carbocycles. The Bertz CT molecular complexity index is 556. The van der Waals surface area contributed by atoms with Crippen LogP contribution in [0.2, 0.25) is 0 Å². The predicted molar refractivity (Wildman–Crippen MR) is 183 cm³/mol. The molecule has 41 heavy (non-hydrogen) atoms. The molecule has 1 N–H and O–H groups in total. The summed E-state index contributed by atoms with van der Waals surface area (Å²) in [7, 11) is 4.88. The normalized spacial score (nSPS) is 12.1. The molecule has 0 radical (unpaired) electrons. The zero-order valence-electron chi connectivity index (χ0n) is 28.6. The summed E-state index contributed by atoms with van der Waals surface area (Å²) in [6, 6.07) is 0. The molecule has 3 nitrogen and oxygen atoms in total. The van der Waals surface area contributed by atoms with Crippen LogP contribution in [0.25, 0.3) is 0 Å². The van der Waals surface area contributed by atoms with Gasteiger partial charge in [-0.3, -0.25) is 4.79 Å². The molecule has 0 aromatic rings. The van der Waals surface area contributed by atoms with Crippen LogP contribution in [-0.4, -0.2) is 42.7 Å². The molecular formula is C38H76NO2+. The lowest BCUT2D eigenvalue weighted by atomic mass is 10.0. The van der Waals surface area contributed by atoms with Crippen molar-refractivity contribution in [3.8, 4) is 0 Å². The summed E-state index contributed by atoms with van der Waals surface area (Å²) in [5, 5.41) is 8.65. The highest BCUT2D eigenvalue weighted by Gasteiger charge is 2.13. The Morgan fingerprint density at radius 3 is 1.10 bits per heavy atom. The molecule has 0 spiro atoms. The number of unbranched alkanes of at least 4 members (excludes halogenated alkanes) is 26. The van der Waals surface area contributed by atoms with Crippen molar-refractivity contribution in [2.45, 2.75) is 200 Å². The van der Waals surface area contributed by atoms with Gasteiger partial charge in [-0.05, 0) is 57.8 Å². The van der Waals surface area contributed by atoms with Gasteiger partial charge < -0.3 is 9.59 Å². The summed E-state index contributed by atoms with van der Waals surface area (Å²) in [6.45, 7) is 5.00. The number of carboxylic acids is 1. The lowest BCUT2D eigenvalue weighted by Crippen LogP contribution is -2.41. The summed E-state index contributed by atoms with van der Waals surface area (Å²) >= 11 is 0. The van der Waals surface area contributed by atoms with Crippen molar-refractivity contribution in [2.75, 3.05) is 27.2 Å². The molecule has 0 aromatic heterocycles. The second-order valence-corrected chi connectivity index (χ2v) is 13.8. The highest BCUT2D eigenvalue weighted by Crippen LogP contribution is 2.15. The molecule has 3 heteroatoms. The Balaban J connectivity index is 3.31. The predicted octanol–water partition coefficient (Wildman–Crippen LogP) is 12.4. The van der Waals surface area contributed by atoms with E-state index in [0.29, 0.717) is 6.42 Å². The molecule has 0 aliphatic heterocycles. The molecule has 0 aromatic carbocycles. The van der Waals surface area contributed by atoms with Gasteiger partial charge in [-0.15, -0.1) is 0 Å². The summed E-state index contributed by atoms with van der Waals surface area (Å²) in [4.78, 5) is 10.5. The minimum absolute atomic E-state index is 0.343. The quantitative estimate of drug-likeness (QED) is 0.0468. The first kappa shape index (κ1) is 40.2. The van der Waals surface area contributed by atoms with E-state index in [0.717, 1.165) is 12.8 Å². The van der Waals surface area contributed by atoms with Crippen molar-refractivity contribution in [3.05, 3.63) is 12.2 Å². The number of aliphatic carboxylic acids is 1. The average Bonchev–Trinajstić information content (AvgIpc) is 2.94. The summed E-state index contributed by atoms with van der Waals surface area (Å²) in [5.41, 5.74) is 0. The Kier molecular flexibility index (Phi) is 31.4. The van der Waals surface area contributed by atoms with Crippen LogP contribution in [0.4, 0.5) is 0 Å². The van der Waals surface area contributed by atoms with Crippen molar-refractivity contribution in [3.63, 3.8) is 0 Å². The largest absolute Gasteiger partial charge is 0.481 e. The van der Waals surface area contributed by atoms with Crippen molar-refractivity contribution < 1.29 is 14.4 Å². The van der Waals surface area contributed by atoms with Crippen molar-refractivity contribution in [1.29, 1.82) is 0 Å². The fourth-order valence-electron chi connectivity index (χ4n) is 6.01. The fraction of sp³-hybridized carbons (Fsp3) is 0.921. The van der Waals surface area contributed by atoms with Crippen molar-refractivity contribution in [1.82, 2.24) is 0 Å². The molecule has 0 atom stereocenters. The lowest BCUT2D eigenvalue weighted by molar-refractivity contribution is -0.890. The summed E-state index contributed by atoms with van der Waals surface area (Å²) < 4.78 is 1.21. The number of quaternary nitrogens is 1. The van der Waals surface area contributed by atoms with Gasteiger partial charge in [0.05, 0.1) is 27.2 Å². The fourth-order valence-corrected chi connectivity index (χ4v) is 6.01. The Morgan fingerprint density at radius 2 is 0.756 bits per heavy atom. The third kappa shape index (κ3) is 35.3. The van der Waals surface area contributed by atoms with E-state index in [4.69, 9.17) is 5.11 Å². The zero-order chi connectivity index (χ0) is 30.1. The van der Waals surface area contributed by atoms with Crippen LogP contribution >= 0.6 is 0 Å². The summed E-state index contributed by atoms with van der Waals surface area (Å²) in [6.07, 6.45) is 44.6. The maximum Gasteiger partial charge on any atom is 0.303 e. The number of nitrogens with zero attached hydrogens (tertiary/aromatic N) is 1. The molecular weight excluding hydrogens is 502 g/mol. The lowest BCUT2D eigenvalue weighted by Gasteiger charge is -2.30. The van der Waals surface area contributed by atoms with E-state index < -0.39 is 5.97 Å². The number of rotatable bonds is 34. The first-order valence-corrected chi connectivity index (χ1v) is 18.7. The first-order valence-electron chi connectivity index (χ1n) is 18.7. The van der Waals surface area contributed by atoms with Gasteiger partial charge in [0.2, 0.25) is 0 Å². The molecule has 0 unspecified atom stereocenters. The van der Waals surface area contributed by atoms with Gasteiger partial charge in [0.15, 0.2) is 0 Å². The third-order valence-corrected chi connectivity index (χ3v) is 8.93. The molecule has 0 saturated heterocycles. The van der Waals surface area contributed by atoms with E-state index in [1.165, 1.54) is 191 Å². The van der Waals surface area contributed by atoms with Crippen molar-refractivity contribution in [2.24, 2.45) is 0 Å². The van der Waals surface area contributed by atoms with E-state index in [2.05, 4.69) is 33.2 Å². The molecule has 0 heterocycles. The molecule has 0 bridgehead atoms. The standard InChI is InChI=1S/C38H75NO2/c1-4-5-6-7-8-9-10-11-12-15-18-21-24-27-30-33-36-39(2,3)37-34-31-28-25-22-19-16-13-14-17-20-23-26-29-32-35-38(40)41/h11-12H,4-10,13-37H2,1-3H3/p+1/b12-11-. The maximum atomic E-state index is 10.5. The molecule has 0 aliphatic carbocycles. The average molecular weight is 579 g/mol. The van der Waals surface area contributed by atoms with E-state index >= 15 is 0 Å². The highest BCUT2D eigenvalue weighted by molar-refractivity contribution is 5.66. The number of allylic oxidation sites excluding steroid dienone is 2. The Labute approximate surface area is 258 Å². The monoisotopic (exact) mass is 579 g/mol. The topological polar surface area (TPSA) is 37.3 Å². The van der Waals surface area contributed by atoms with E-state index in [1.54, 1.807) is 0 Å². The number of carbonyl (C=O) groups is 1. The maximum absolute atomic E-state index is 10.5. The van der Waals surface area contributed by atoms with Gasteiger partial charge in [0.1, 0.15) is 0 Å². The first-order chi connectivity index (χ1) is 20.0. The zero-order valence-corrected chi connectivity index (χ0v) is 28.6. The highest BCUT2D eigenvalue weighted by atomic mass is 16.4. The number of hydrogen-bond donors (Lipinski definition) is 1. The third-order valence-electron chi connectivity index (χ3n) is 8.93. The Morgan fingerprint density at radius 1 is 0.463 bits per heavy atom. The van der Waals surface area contributed by atoms with Gasteiger partial charge in [0, 0.05) is 6.42 Å². The Hall–Kier alpha value is -0.830. The minimum atomic E-state index is -0.650. The SMILES string of the molecule is CCCCCCCC/C=C\CCCCCCCC[N+](C)(C)CCCCCCCCCCCCCCCCCC(=O)O. The van der Waals surface area contributed by atoms with Gasteiger partial charge in [-0.25, -0.2) is 0 Å². The van der Waals surface area contributed by atoms with Crippen LogP contribution in [0.3, 0.4) is 0 Å². The molecule has 0 fully saturated rings. The molecule has 244 valence electrons.